The minimum Gasteiger partial charge on any atom is -0.507 e. The van der Waals surface area contributed by atoms with Gasteiger partial charge >= 0.3 is 0 Å². The Morgan fingerprint density at radius 2 is 1.01 bits per heavy atom. The Balaban J connectivity index is 0.000000131. The number of ether oxygens (including phenoxy) is 3. The lowest BCUT2D eigenvalue weighted by atomic mass is 9.81. The molecule has 0 saturated heterocycles. The fourth-order valence-corrected chi connectivity index (χ4v) is 11.2. The SMILES string of the molecule is C#CC(O)(c1ccccc1)c1ccccc1.COc1c(C)ccc2c3c(c(O)cc12)-c1ccccc1C3.COc1c(C)ccc2c3c(c4c(c12)C=CC(c1ccccc1)(c1ccccc1)O4)-c1ccccc1C3. The molecule has 0 amide bonds. The topological polar surface area (TPSA) is 68.2 Å². The molecule has 5 nitrogen and oxygen atoms in total. The molecule has 0 fully saturated rings. The highest BCUT2D eigenvalue weighted by Gasteiger charge is 2.41. The van der Waals surface area contributed by atoms with Crippen LogP contribution in [0.3, 0.4) is 0 Å². The van der Waals surface area contributed by atoms with E-state index in [2.05, 4.69) is 152 Å². The van der Waals surface area contributed by atoms with Crippen LogP contribution >= 0.6 is 0 Å². The molecule has 10 aromatic carbocycles. The Morgan fingerprint density at radius 3 is 1.55 bits per heavy atom. The molecule has 0 aromatic heterocycles. The molecular formula is C68H54O5. The van der Waals surface area contributed by atoms with Crippen molar-refractivity contribution in [3.63, 3.8) is 0 Å². The maximum Gasteiger partial charge on any atom is 0.178 e. The molecule has 0 unspecified atom stereocenters. The van der Waals surface area contributed by atoms with Crippen LogP contribution in [0.1, 0.15) is 61.2 Å². The van der Waals surface area contributed by atoms with Crippen LogP contribution in [0, 0.1) is 26.2 Å². The number of aryl methyl sites for hydroxylation is 2. The normalized spacial score (nSPS) is 13.1. The first-order valence-corrected chi connectivity index (χ1v) is 24.6. The molecule has 3 aliphatic rings. The molecule has 73 heavy (non-hydrogen) atoms. The summed E-state index contributed by atoms with van der Waals surface area (Å²) in [6.07, 6.45) is 11.7. The van der Waals surface area contributed by atoms with E-state index in [4.69, 9.17) is 20.6 Å². The van der Waals surface area contributed by atoms with Crippen LogP contribution in [0.25, 0.3) is 49.9 Å². The molecule has 10 aromatic rings. The highest BCUT2D eigenvalue weighted by molar-refractivity contribution is 6.08. The van der Waals surface area contributed by atoms with E-state index >= 15 is 0 Å². The lowest BCUT2D eigenvalue weighted by molar-refractivity contribution is 0.145. The number of terminal acetylenes is 1. The second-order valence-corrected chi connectivity index (χ2v) is 18.9. The van der Waals surface area contributed by atoms with Crippen molar-refractivity contribution >= 4 is 27.6 Å². The van der Waals surface area contributed by atoms with Crippen molar-refractivity contribution in [1.29, 1.82) is 0 Å². The lowest BCUT2D eigenvalue weighted by Gasteiger charge is -2.37. The number of methoxy groups -OCH3 is 2. The maximum absolute atomic E-state index is 10.5. The largest absolute Gasteiger partial charge is 0.507 e. The van der Waals surface area contributed by atoms with Crippen molar-refractivity contribution in [2.24, 2.45) is 0 Å². The first-order valence-electron chi connectivity index (χ1n) is 24.6. The molecule has 0 bridgehead atoms. The van der Waals surface area contributed by atoms with Gasteiger partial charge in [-0.25, -0.2) is 0 Å². The molecule has 2 N–H and O–H groups in total. The number of hydrogen-bond acceptors (Lipinski definition) is 5. The fraction of sp³-hybridized carbons (Fsp3) is 0.118. The molecule has 356 valence electrons. The predicted molar refractivity (Wildman–Crippen MR) is 297 cm³/mol. The number of fused-ring (bicyclic) bond motifs is 13. The van der Waals surface area contributed by atoms with E-state index in [0.29, 0.717) is 16.9 Å². The third kappa shape index (κ3) is 7.89. The van der Waals surface area contributed by atoms with Crippen molar-refractivity contribution in [3.8, 4) is 57.6 Å². The molecule has 0 saturated carbocycles. The summed E-state index contributed by atoms with van der Waals surface area (Å²) in [4.78, 5) is 0. The molecule has 0 radical (unpaired) electrons. The second-order valence-electron chi connectivity index (χ2n) is 18.9. The van der Waals surface area contributed by atoms with E-state index < -0.39 is 11.2 Å². The van der Waals surface area contributed by atoms with Crippen molar-refractivity contribution < 1.29 is 24.4 Å². The number of rotatable bonds is 6. The van der Waals surface area contributed by atoms with Gasteiger partial charge in [0.2, 0.25) is 0 Å². The van der Waals surface area contributed by atoms with Crippen LogP contribution in [-0.4, -0.2) is 24.4 Å². The Kier molecular flexibility index (Phi) is 12.2. The maximum atomic E-state index is 10.5. The zero-order valence-electron chi connectivity index (χ0n) is 41.3. The zero-order valence-corrected chi connectivity index (χ0v) is 41.3. The summed E-state index contributed by atoms with van der Waals surface area (Å²) >= 11 is 0. The summed E-state index contributed by atoms with van der Waals surface area (Å²) in [6.45, 7) is 4.13. The monoisotopic (exact) mass is 950 g/mol. The smallest absolute Gasteiger partial charge is 0.178 e. The van der Waals surface area contributed by atoms with Crippen LogP contribution < -0.4 is 14.2 Å². The van der Waals surface area contributed by atoms with Gasteiger partial charge in [0.25, 0.3) is 0 Å². The number of phenols is 1. The standard InChI is InChI=1S/C34H26O2.C19H16O2.C15H12O/c1-22-17-18-27-29-21-23-11-9-10-16-26(23)30(29)33-28(31(27)32(22)35-2)19-20-34(36-33,24-12-5-3-6-13-24)25-14-7-4-8-15-25;1-11-7-8-14-15-9-12-5-3-4-6-13(12)18(15)17(20)10-16(14)19(11)21-2;1-2-15(16,13-9-5-3-6-10-13)14-11-7-4-8-12-14/h3-20H,21H2,1-2H3;3-8,10,20H,9H2,1-2H3;1,3-12,16H. The lowest BCUT2D eigenvalue weighted by Crippen LogP contribution is -2.34. The van der Waals surface area contributed by atoms with Gasteiger partial charge in [-0.1, -0.05) is 200 Å². The summed E-state index contributed by atoms with van der Waals surface area (Å²) in [7, 11) is 3.45. The van der Waals surface area contributed by atoms with Gasteiger partial charge in [0.05, 0.1) is 14.2 Å². The number of hydrogen-bond donors (Lipinski definition) is 2. The number of phenolic OH excluding ortho intramolecular Hbond substituents is 1. The van der Waals surface area contributed by atoms with Gasteiger partial charge in [-0.15, -0.1) is 6.42 Å². The van der Waals surface area contributed by atoms with Gasteiger partial charge in [0, 0.05) is 49.7 Å². The molecule has 0 atom stereocenters. The van der Waals surface area contributed by atoms with Gasteiger partial charge in [-0.05, 0) is 100 Å². The van der Waals surface area contributed by atoms with E-state index in [1.54, 1.807) is 14.2 Å². The van der Waals surface area contributed by atoms with E-state index in [1.807, 2.05) is 79.7 Å². The second kappa shape index (κ2) is 19.1. The van der Waals surface area contributed by atoms with E-state index in [9.17, 15) is 10.2 Å². The first kappa shape index (κ1) is 46.6. The highest BCUT2D eigenvalue weighted by atomic mass is 16.5. The molecule has 0 spiro atoms. The van der Waals surface area contributed by atoms with Crippen molar-refractivity contribution in [3.05, 3.63) is 267 Å². The summed E-state index contributed by atoms with van der Waals surface area (Å²) in [6, 6.07) is 67.1. The average Bonchev–Trinajstić information content (AvgIpc) is 4.05. The molecule has 1 aliphatic heterocycles. The van der Waals surface area contributed by atoms with Gasteiger partial charge in [-0.3, -0.25) is 0 Å². The third-order valence-corrected chi connectivity index (χ3v) is 14.7. The van der Waals surface area contributed by atoms with Crippen LogP contribution in [0.2, 0.25) is 0 Å². The fourth-order valence-electron chi connectivity index (χ4n) is 11.2. The Labute approximate surface area is 427 Å². The molecule has 2 aliphatic carbocycles. The van der Waals surface area contributed by atoms with Crippen LogP contribution in [0.4, 0.5) is 0 Å². The first-order chi connectivity index (χ1) is 35.7. The minimum absolute atomic E-state index is 0.339. The summed E-state index contributed by atoms with van der Waals surface area (Å²) in [5.74, 6) is 5.51. The Hall–Kier alpha value is -8.82. The van der Waals surface area contributed by atoms with E-state index in [1.165, 1.54) is 44.2 Å². The van der Waals surface area contributed by atoms with Crippen molar-refractivity contribution in [2.75, 3.05) is 14.2 Å². The summed E-state index contributed by atoms with van der Waals surface area (Å²) < 4.78 is 18.8. The van der Waals surface area contributed by atoms with Gasteiger partial charge in [0.15, 0.2) is 11.2 Å². The quantitative estimate of drug-likeness (QED) is 0.163. The van der Waals surface area contributed by atoms with Gasteiger partial charge in [-0.2, -0.15) is 0 Å². The molecule has 1 heterocycles. The Bertz CT molecular complexity index is 3700. The van der Waals surface area contributed by atoms with Crippen LogP contribution in [-0.2, 0) is 24.0 Å². The van der Waals surface area contributed by atoms with Crippen LogP contribution in [0.5, 0.6) is 23.0 Å². The van der Waals surface area contributed by atoms with Crippen molar-refractivity contribution in [1.82, 2.24) is 0 Å². The van der Waals surface area contributed by atoms with Crippen LogP contribution in [0.15, 0.2) is 206 Å². The van der Waals surface area contributed by atoms with Gasteiger partial charge < -0.3 is 24.4 Å². The molecular weight excluding hydrogens is 897 g/mol. The number of aromatic hydroxyl groups is 1. The molecule has 13 rings (SSSR count). The van der Waals surface area contributed by atoms with Crippen molar-refractivity contribution in [2.45, 2.75) is 37.9 Å². The van der Waals surface area contributed by atoms with Gasteiger partial charge in [0.1, 0.15) is 23.0 Å². The van der Waals surface area contributed by atoms with E-state index in [-0.39, 0.29) is 0 Å². The predicted octanol–water partition coefficient (Wildman–Crippen LogP) is 15.1. The highest BCUT2D eigenvalue weighted by Crippen LogP contribution is 2.56. The minimum atomic E-state index is -1.34. The average molecular weight is 951 g/mol. The zero-order chi connectivity index (χ0) is 50.3. The third-order valence-electron chi connectivity index (χ3n) is 14.7. The summed E-state index contributed by atoms with van der Waals surface area (Å²) in [5, 5.41) is 25.6. The summed E-state index contributed by atoms with van der Waals surface area (Å²) in [5.41, 5.74) is 14.6. The van der Waals surface area contributed by atoms with E-state index in [0.717, 1.165) is 79.8 Å². The number of aliphatic hydroxyl groups is 1. The molecule has 5 heteroatoms. The Morgan fingerprint density at radius 1 is 0.548 bits per heavy atom. The number of benzene rings is 10.